The van der Waals surface area contributed by atoms with E-state index in [0.717, 1.165) is 11.4 Å². The number of nitrogens with zero attached hydrogens (tertiary/aromatic N) is 2. The first-order valence-corrected chi connectivity index (χ1v) is 27.2. The van der Waals surface area contributed by atoms with Crippen LogP contribution in [0.4, 0.5) is 34.1 Å². The maximum absolute atomic E-state index is 2.42. The Balaban J connectivity index is 0.832. The summed E-state index contributed by atoms with van der Waals surface area (Å²) in [6.07, 6.45) is 13.4. The Labute approximate surface area is 428 Å². The van der Waals surface area contributed by atoms with Crippen LogP contribution in [0, 0.1) is 0 Å². The Morgan fingerprint density at radius 2 is 0.556 bits per heavy atom. The van der Waals surface area contributed by atoms with Gasteiger partial charge in [-0.15, -0.1) is 0 Å². The van der Waals surface area contributed by atoms with Gasteiger partial charge in [0.1, 0.15) is 0 Å². The molecular weight excluding hydrogens is 869 g/mol. The Kier molecular flexibility index (Phi) is 12.6. The van der Waals surface area contributed by atoms with Gasteiger partial charge in [0, 0.05) is 34.1 Å². The van der Waals surface area contributed by atoms with E-state index in [1.165, 1.54) is 164 Å². The molecule has 72 heavy (non-hydrogen) atoms. The third-order valence-electron chi connectivity index (χ3n) is 16.5. The first-order valence-electron chi connectivity index (χ1n) is 27.2. The number of rotatable bonds is 12. The lowest BCUT2D eigenvalue weighted by Gasteiger charge is -2.27. The van der Waals surface area contributed by atoms with E-state index in [1.807, 2.05) is 0 Å². The van der Waals surface area contributed by atoms with Crippen molar-refractivity contribution < 1.29 is 0 Å². The van der Waals surface area contributed by atoms with Crippen molar-refractivity contribution in [3.05, 3.63) is 216 Å². The zero-order valence-electron chi connectivity index (χ0n) is 42.8. The number of anilines is 6. The van der Waals surface area contributed by atoms with E-state index in [2.05, 4.69) is 232 Å². The molecule has 2 nitrogen and oxygen atoms in total. The van der Waals surface area contributed by atoms with Gasteiger partial charge < -0.3 is 9.80 Å². The Morgan fingerprint density at radius 1 is 0.292 bits per heavy atom. The molecule has 2 heteroatoms. The zero-order chi connectivity index (χ0) is 48.7. The van der Waals surface area contributed by atoms with Crippen LogP contribution in [-0.4, -0.2) is 0 Å². The summed E-state index contributed by atoms with van der Waals surface area (Å²) in [6, 6.07) is 74.5. The van der Waals surface area contributed by atoms with Crippen LogP contribution in [0.15, 0.2) is 194 Å². The molecule has 0 N–H and O–H groups in total. The van der Waals surface area contributed by atoms with Crippen molar-refractivity contribution in [2.45, 2.75) is 116 Å². The van der Waals surface area contributed by atoms with Crippen LogP contribution < -0.4 is 9.80 Å². The van der Waals surface area contributed by atoms with Crippen molar-refractivity contribution in [2.75, 3.05) is 9.80 Å². The molecule has 0 heterocycles. The molecule has 0 atom stereocenters. The maximum Gasteiger partial charge on any atom is 0.0462 e. The molecule has 0 radical (unpaired) electrons. The fourth-order valence-corrected chi connectivity index (χ4v) is 12.4. The third-order valence-corrected chi connectivity index (χ3v) is 16.5. The van der Waals surface area contributed by atoms with Gasteiger partial charge in [-0.1, -0.05) is 163 Å². The molecule has 0 bridgehead atoms. The molecule has 10 aromatic carbocycles. The average Bonchev–Trinajstić information content (AvgIpc) is 3.44. The summed E-state index contributed by atoms with van der Waals surface area (Å²) in [5.41, 5.74) is 17.7. The Bertz CT molecular complexity index is 3120. The average molecular weight is 937 g/mol. The number of benzene rings is 10. The van der Waals surface area contributed by atoms with Crippen molar-refractivity contribution >= 4 is 66.4 Å². The first-order chi connectivity index (χ1) is 35.3. The van der Waals surface area contributed by atoms with E-state index in [0.29, 0.717) is 23.7 Å². The van der Waals surface area contributed by atoms with Crippen LogP contribution in [0.25, 0.3) is 54.6 Å². The minimum atomic E-state index is 0.491. The van der Waals surface area contributed by atoms with Gasteiger partial charge in [0.15, 0.2) is 0 Å². The van der Waals surface area contributed by atoms with E-state index < -0.39 is 0 Å². The van der Waals surface area contributed by atoms with Crippen molar-refractivity contribution in [3.8, 4) is 22.3 Å². The predicted octanol–water partition coefficient (Wildman–Crippen LogP) is 21.2. The first kappa shape index (κ1) is 45.9. The van der Waals surface area contributed by atoms with E-state index >= 15 is 0 Å². The van der Waals surface area contributed by atoms with Gasteiger partial charge >= 0.3 is 0 Å². The summed E-state index contributed by atoms with van der Waals surface area (Å²) in [7, 11) is 0. The van der Waals surface area contributed by atoms with Crippen LogP contribution in [0.5, 0.6) is 0 Å². The Morgan fingerprint density at radius 3 is 0.833 bits per heavy atom. The van der Waals surface area contributed by atoms with Crippen molar-refractivity contribution in [1.82, 2.24) is 0 Å². The molecule has 2 aliphatic carbocycles. The number of hydrogen-bond acceptors (Lipinski definition) is 2. The lowest BCUT2D eigenvalue weighted by Crippen LogP contribution is -2.11. The highest BCUT2D eigenvalue weighted by molar-refractivity contribution is 6.24. The highest BCUT2D eigenvalue weighted by atomic mass is 15.1. The molecule has 0 saturated heterocycles. The second kappa shape index (κ2) is 19.8. The van der Waals surface area contributed by atoms with E-state index in [-0.39, 0.29) is 0 Å². The topological polar surface area (TPSA) is 6.48 Å². The summed E-state index contributed by atoms with van der Waals surface area (Å²) in [5.74, 6) is 2.36. The van der Waals surface area contributed by atoms with Crippen molar-refractivity contribution in [2.24, 2.45) is 0 Å². The normalized spacial score (nSPS) is 14.8. The van der Waals surface area contributed by atoms with Gasteiger partial charge in [0.05, 0.1) is 0 Å². The lowest BCUT2D eigenvalue weighted by molar-refractivity contribution is 0.443. The zero-order valence-corrected chi connectivity index (χ0v) is 42.8. The van der Waals surface area contributed by atoms with Crippen LogP contribution in [-0.2, 0) is 0 Å². The molecule has 10 aromatic rings. The quantitative estimate of drug-likeness (QED) is 0.113. The van der Waals surface area contributed by atoms with Gasteiger partial charge in [0.25, 0.3) is 0 Å². The summed E-state index contributed by atoms with van der Waals surface area (Å²) in [5, 5.41) is 7.79. The molecule has 0 aromatic heterocycles. The van der Waals surface area contributed by atoms with Gasteiger partial charge in [-0.05, 0) is 223 Å². The van der Waals surface area contributed by atoms with Crippen LogP contribution >= 0.6 is 0 Å². The molecular formula is C70H68N2. The summed E-state index contributed by atoms with van der Waals surface area (Å²) in [6.45, 7) is 9.06. The fourth-order valence-electron chi connectivity index (χ4n) is 12.4. The van der Waals surface area contributed by atoms with Gasteiger partial charge in [-0.3, -0.25) is 0 Å². The van der Waals surface area contributed by atoms with Crippen molar-refractivity contribution in [3.63, 3.8) is 0 Å². The predicted molar refractivity (Wildman–Crippen MR) is 310 cm³/mol. The Hall–Kier alpha value is -7.16. The van der Waals surface area contributed by atoms with Gasteiger partial charge in [-0.25, -0.2) is 0 Å². The second-order valence-electron chi connectivity index (χ2n) is 21.8. The van der Waals surface area contributed by atoms with Crippen LogP contribution in [0.1, 0.15) is 138 Å². The van der Waals surface area contributed by atoms with Gasteiger partial charge in [0.2, 0.25) is 0 Å². The van der Waals surface area contributed by atoms with Crippen LogP contribution in [0.3, 0.4) is 0 Å². The summed E-state index contributed by atoms with van der Waals surface area (Å²) in [4.78, 5) is 4.83. The molecule has 12 rings (SSSR count). The molecule has 0 aliphatic heterocycles. The molecule has 2 saturated carbocycles. The highest BCUT2D eigenvalue weighted by Gasteiger charge is 2.21. The lowest BCUT2D eigenvalue weighted by atomic mass is 9.84. The van der Waals surface area contributed by atoms with E-state index in [4.69, 9.17) is 0 Å². The molecule has 2 fully saturated rings. The molecule has 0 spiro atoms. The minimum absolute atomic E-state index is 0.491. The minimum Gasteiger partial charge on any atom is -0.311 e. The largest absolute Gasteiger partial charge is 0.311 e. The second-order valence-corrected chi connectivity index (χ2v) is 21.8. The van der Waals surface area contributed by atoms with E-state index in [1.54, 1.807) is 0 Å². The molecule has 358 valence electrons. The molecule has 0 amide bonds. The maximum atomic E-state index is 2.42. The standard InChI is InChI=1S/C70H68N2/c1-47(2)49-19-31-63(32-20-49)71(65-35-23-53(24-36-65)51-11-7-5-8-12-51)67-39-27-55(28-40-67)61-43-57-15-17-59-45-62(46-60-18-16-58(44-61)69(57)70(59)60)56-29-41-68(42-30-56)72(64-33-21-50(22-34-64)48(3)4)66-37-25-54(26-38-66)52-13-9-6-10-14-52/h15-48,51-52H,5-14H2,1-4H3. The van der Waals surface area contributed by atoms with Gasteiger partial charge in [-0.2, -0.15) is 0 Å². The van der Waals surface area contributed by atoms with Crippen molar-refractivity contribution in [1.29, 1.82) is 0 Å². The summed E-state index contributed by atoms with van der Waals surface area (Å²) >= 11 is 0. The monoisotopic (exact) mass is 937 g/mol. The van der Waals surface area contributed by atoms with Crippen LogP contribution in [0.2, 0.25) is 0 Å². The summed E-state index contributed by atoms with van der Waals surface area (Å²) < 4.78 is 0. The smallest absolute Gasteiger partial charge is 0.0462 e. The molecule has 0 unspecified atom stereocenters. The highest BCUT2D eigenvalue weighted by Crippen LogP contribution is 2.44. The number of hydrogen-bond donors (Lipinski definition) is 0. The van der Waals surface area contributed by atoms with E-state index in [9.17, 15) is 0 Å². The fraction of sp³-hybridized carbons (Fsp3) is 0.257. The SMILES string of the molecule is CC(C)c1ccc(N(c2ccc(-c3cc4ccc5cc(-c6ccc(N(c7ccc(C(C)C)cc7)c7ccc(C8CCCCC8)cc7)cc6)cc6ccc(c3)c4c56)cc2)c2ccc(C3CCCCC3)cc2)cc1. The third kappa shape index (κ3) is 9.06. The molecule has 2 aliphatic rings.